The van der Waals surface area contributed by atoms with E-state index in [4.69, 9.17) is 4.74 Å². The first-order valence-corrected chi connectivity index (χ1v) is 7.30. The number of para-hydroxylation sites is 1. The molecule has 102 valence electrons. The van der Waals surface area contributed by atoms with Crippen LogP contribution in [0.3, 0.4) is 0 Å². The molecule has 0 spiro atoms. The molecule has 0 saturated carbocycles. The Labute approximate surface area is 108 Å². The van der Waals surface area contributed by atoms with E-state index < -0.39 is 16.1 Å². The Balaban J connectivity index is 2.74. The summed E-state index contributed by atoms with van der Waals surface area (Å²) in [6, 6.07) is 6.42. The largest absolute Gasteiger partial charge is 0.495 e. The van der Waals surface area contributed by atoms with Crippen LogP contribution < -0.4 is 9.46 Å². The zero-order valence-corrected chi connectivity index (χ0v) is 11.4. The average molecular weight is 273 g/mol. The molecule has 18 heavy (non-hydrogen) atoms. The van der Waals surface area contributed by atoms with Gasteiger partial charge in [0, 0.05) is 6.54 Å². The highest BCUT2D eigenvalue weighted by Crippen LogP contribution is 2.22. The van der Waals surface area contributed by atoms with E-state index in [-0.39, 0.29) is 11.4 Å². The van der Waals surface area contributed by atoms with Crippen LogP contribution in [0.1, 0.15) is 19.8 Å². The standard InChI is InChI=1S/C12H19NO4S/c1-3-10(14)8-9-13-18(15,16)12-7-5-4-6-11(12)17-2/h4-7,10,13-14H,3,8-9H2,1-2H3. The third-order valence-corrected chi connectivity index (χ3v) is 4.10. The van der Waals surface area contributed by atoms with Gasteiger partial charge in [-0.15, -0.1) is 0 Å². The number of hydrogen-bond donors (Lipinski definition) is 2. The molecule has 0 heterocycles. The number of benzene rings is 1. The quantitative estimate of drug-likeness (QED) is 0.781. The second-order valence-electron chi connectivity index (χ2n) is 3.90. The molecule has 1 aromatic carbocycles. The molecule has 0 aliphatic carbocycles. The fourth-order valence-corrected chi connectivity index (χ4v) is 2.70. The summed E-state index contributed by atoms with van der Waals surface area (Å²) in [5.74, 6) is 0.307. The van der Waals surface area contributed by atoms with E-state index in [1.165, 1.54) is 13.2 Å². The molecule has 1 rings (SSSR count). The summed E-state index contributed by atoms with van der Waals surface area (Å²) >= 11 is 0. The van der Waals surface area contributed by atoms with E-state index in [1.807, 2.05) is 6.92 Å². The number of methoxy groups -OCH3 is 1. The summed E-state index contributed by atoms with van der Waals surface area (Å²) in [5, 5.41) is 9.37. The van der Waals surface area contributed by atoms with Gasteiger partial charge in [0.05, 0.1) is 13.2 Å². The summed E-state index contributed by atoms with van der Waals surface area (Å²) < 4.78 is 31.5. The monoisotopic (exact) mass is 273 g/mol. The predicted octanol–water partition coefficient (Wildman–Crippen LogP) is 1.13. The van der Waals surface area contributed by atoms with Crippen molar-refractivity contribution in [2.75, 3.05) is 13.7 Å². The summed E-state index contributed by atoms with van der Waals surface area (Å²) in [4.78, 5) is 0.110. The molecule has 0 amide bonds. The van der Waals surface area contributed by atoms with Gasteiger partial charge in [0.15, 0.2) is 0 Å². The van der Waals surface area contributed by atoms with Crippen LogP contribution in [-0.4, -0.2) is 33.3 Å². The van der Waals surface area contributed by atoms with Crippen LogP contribution in [0.15, 0.2) is 29.2 Å². The Morgan fingerprint density at radius 1 is 1.39 bits per heavy atom. The number of nitrogens with one attached hydrogen (secondary N) is 1. The van der Waals surface area contributed by atoms with Crippen LogP contribution in [0.4, 0.5) is 0 Å². The van der Waals surface area contributed by atoms with Gasteiger partial charge < -0.3 is 9.84 Å². The van der Waals surface area contributed by atoms with Crippen LogP contribution in [-0.2, 0) is 10.0 Å². The maximum absolute atomic E-state index is 12.0. The Morgan fingerprint density at radius 2 is 2.06 bits per heavy atom. The van der Waals surface area contributed by atoms with Crippen LogP contribution >= 0.6 is 0 Å². The van der Waals surface area contributed by atoms with Crippen molar-refractivity contribution in [1.29, 1.82) is 0 Å². The van der Waals surface area contributed by atoms with Gasteiger partial charge in [-0.3, -0.25) is 0 Å². The van der Waals surface area contributed by atoms with E-state index in [2.05, 4.69) is 4.72 Å². The van der Waals surface area contributed by atoms with E-state index in [9.17, 15) is 13.5 Å². The molecule has 5 nitrogen and oxygen atoms in total. The smallest absolute Gasteiger partial charge is 0.244 e. The number of hydrogen-bond acceptors (Lipinski definition) is 4. The third-order valence-electron chi connectivity index (χ3n) is 2.60. The Kier molecular flexibility index (Phi) is 5.58. The minimum Gasteiger partial charge on any atom is -0.495 e. The number of aliphatic hydroxyl groups is 1. The van der Waals surface area contributed by atoms with Crippen molar-refractivity contribution >= 4 is 10.0 Å². The van der Waals surface area contributed by atoms with Gasteiger partial charge >= 0.3 is 0 Å². The summed E-state index contributed by atoms with van der Waals surface area (Å²) in [5.41, 5.74) is 0. The molecular weight excluding hydrogens is 254 g/mol. The highest BCUT2D eigenvalue weighted by molar-refractivity contribution is 7.89. The second-order valence-corrected chi connectivity index (χ2v) is 5.63. The molecule has 0 saturated heterocycles. The molecule has 0 fully saturated rings. The number of aliphatic hydroxyl groups excluding tert-OH is 1. The third kappa shape index (κ3) is 3.97. The van der Waals surface area contributed by atoms with Crippen molar-refractivity contribution in [3.05, 3.63) is 24.3 Å². The van der Waals surface area contributed by atoms with Crippen molar-refractivity contribution < 1.29 is 18.3 Å². The van der Waals surface area contributed by atoms with Crippen molar-refractivity contribution in [2.24, 2.45) is 0 Å². The zero-order valence-electron chi connectivity index (χ0n) is 10.6. The fraction of sp³-hybridized carbons (Fsp3) is 0.500. The van der Waals surface area contributed by atoms with Gasteiger partial charge in [-0.1, -0.05) is 19.1 Å². The highest BCUT2D eigenvalue weighted by atomic mass is 32.2. The van der Waals surface area contributed by atoms with Gasteiger partial charge in [0.1, 0.15) is 10.6 Å². The average Bonchev–Trinajstić information content (AvgIpc) is 2.38. The highest BCUT2D eigenvalue weighted by Gasteiger charge is 2.18. The SMILES string of the molecule is CCC(O)CCNS(=O)(=O)c1ccccc1OC. The van der Waals surface area contributed by atoms with E-state index in [1.54, 1.807) is 18.2 Å². The molecule has 0 radical (unpaired) electrons. The molecule has 1 aromatic rings. The van der Waals surface area contributed by atoms with Gasteiger partial charge in [-0.25, -0.2) is 13.1 Å². The van der Waals surface area contributed by atoms with Gasteiger partial charge in [-0.2, -0.15) is 0 Å². The van der Waals surface area contributed by atoms with Gasteiger partial charge in [0.25, 0.3) is 0 Å². The first-order chi connectivity index (χ1) is 8.51. The number of ether oxygens (including phenoxy) is 1. The topological polar surface area (TPSA) is 75.6 Å². The normalized spacial score (nSPS) is 13.3. The first kappa shape index (κ1) is 14.9. The molecule has 0 aromatic heterocycles. The van der Waals surface area contributed by atoms with Crippen molar-refractivity contribution in [2.45, 2.75) is 30.8 Å². The predicted molar refractivity (Wildman–Crippen MR) is 69.1 cm³/mol. The van der Waals surface area contributed by atoms with E-state index >= 15 is 0 Å². The van der Waals surface area contributed by atoms with Gasteiger partial charge in [0.2, 0.25) is 10.0 Å². The minimum atomic E-state index is -3.59. The van der Waals surface area contributed by atoms with E-state index in [0.717, 1.165) is 0 Å². The summed E-state index contributed by atoms with van der Waals surface area (Å²) in [7, 11) is -2.17. The van der Waals surface area contributed by atoms with Crippen molar-refractivity contribution in [1.82, 2.24) is 4.72 Å². The molecule has 0 aliphatic rings. The summed E-state index contributed by atoms with van der Waals surface area (Å²) in [6.45, 7) is 2.05. The lowest BCUT2D eigenvalue weighted by molar-refractivity contribution is 0.162. The second kappa shape index (κ2) is 6.72. The Hall–Kier alpha value is -1.11. The van der Waals surface area contributed by atoms with E-state index in [0.29, 0.717) is 18.6 Å². The maximum Gasteiger partial charge on any atom is 0.244 e. The number of sulfonamides is 1. The lowest BCUT2D eigenvalue weighted by atomic mass is 10.2. The molecule has 0 aliphatic heterocycles. The van der Waals surface area contributed by atoms with Crippen LogP contribution in [0, 0.1) is 0 Å². The lowest BCUT2D eigenvalue weighted by Crippen LogP contribution is -2.27. The number of rotatable bonds is 7. The molecule has 0 bridgehead atoms. The Morgan fingerprint density at radius 3 is 2.67 bits per heavy atom. The van der Waals surface area contributed by atoms with Crippen molar-refractivity contribution in [3.63, 3.8) is 0 Å². The van der Waals surface area contributed by atoms with Crippen LogP contribution in [0.2, 0.25) is 0 Å². The van der Waals surface area contributed by atoms with Crippen molar-refractivity contribution in [3.8, 4) is 5.75 Å². The Bertz CT molecular complexity index is 473. The first-order valence-electron chi connectivity index (χ1n) is 5.82. The molecule has 2 N–H and O–H groups in total. The molecule has 1 unspecified atom stereocenters. The molecule has 6 heteroatoms. The van der Waals surface area contributed by atoms with Crippen LogP contribution in [0.5, 0.6) is 5.75 Å². The minimum absolute atomic E-state index is 0.110. The van der Waals surface area contributed by atoms with Crippen LogP contribution in [0.25, 0.3) is 0 Å². The van der Waals surface area contributed by atoms with Gasteiger partial charge in [-0.05, 0) is 25.0 Å². The maximum atomic E-state index is 12.0. The molecular formula is C12H19NO4S. The lowest BCUT2D eigenvalue weighted by Gasteiger charge is -2.11. The fourth-order valence-electron chi connectivity index (χ4n) is 1.48. The zero-order chi connectivity index (χ0) is 13.6. The summed E-state index contributed by atoms with van der Waals surface area (Å²) in [6.07, 6.45) is 0.520. The molecule has 1 atom stereocenters.